The molecule has 1 aromatic rings. The summed E-state index contributed by atoms with van der Waals surface area (Å²) in [6.07, 6.45) is 0.390. The van der Waals surface area contributed by atoms with E-state index in [1.54, 1.807) is 11.8 Å². The van der Waals surface area contributed by atoms with E-state index in [1.807, 2.05) is 0 Å². The SMILES string of the molecule is CCS(=O)(=O)N1CCN(C(=O)Cc2c(C)c(C)cc(C)c2C)CC1. The van der Waals surface area contributed by atoms with Gasteiger partial charge in [0.1, 0.15) is 0 Å². The number of carbonyl (C=O) groups is 1. The van der Waals surface area contributed by atoms with Crippen LogP contribution in [0.25, 0.3) is 0 Å². The first-order chi connectivity index (χ1) is 11.2. The van der Waals surface area contributed by atoms with Crippen LogP contribution in [-0.2, 0) is 21.2 Å². The van der Waals surface area contributed by atoms with Gasteiger partial charge in [-0.15, -0.1) is 0 Å². The highest BCUT2D eigenvalue weighted by atomic mass is 32.2. The van der Waals surface area contributed by atoms with E-state index in [2.05, 4.69) is 33.8 Å². The minimum atomic E-state index is -3.16. The van der Waals surface area contributed by atoms with Gasteiger partial charge in [0.15, 0.2) is 0 Å². The van der Waals surface area contributed by atoms with Crippen LogP contribution in [0.2, 0.25) is 0 Å². The predicted molar refractivity (Wildman–Crippen MR) is 96.7 cm³/mol. The Hall–Kier alpha value is -1.40. The van der Waals surface area contributed by atoms with Crippen molar-refractivity contribution in [1.29, 1.82) is 0 Å². The van der Waals surface area contributed by atoms with E-state index in [1.165, 1.54) is 26.6 Å². The molecule has 134 valence electrons. The Morgan fingerprint density at radius 1 is 1.00 bits per heavy atom. The van der Waals surface area contributed by atoms with Crippen molar-refractivity contribution in [1.82, 2.24) is 9.21 Å². The molecule has 0 saturated carbocycles. The van der Waals surface area contributed by atoms with Gasteiger partial charge in [-0.05, 0) is 62.4 Å². The number of carbonyl (C=O) groups excluding carboxylic acids is 1. The fraction of sp³-hybridized carbons (Fsp3) is 0.611. The highest BCUT2D eigenvalue weighted by Gasteiger charge is 2.28. The molecule has 5 nitrogen and oxygen atoms in total. The summed E-state index contributed by atoms with van der Waals surface area (Å²) in [5.41, 5.74) is 5.89. The Morgan fingerprint density at radius 2 is 1.50 bits per heavy atom. The Bertz CT molecular complexity index is 707. The fourth-order valence-electron chi connectivity index (χ4n) is 3.22. The highest BCUT2D eigenvalue weighted by Crippen LogP contribution is 2.23. The summed E-state index contributed by atoms with van der Waals surface area (Å²) in [5.74, 6) is 0.196. The summed E-state index contributed by atoms with van der Waals surface area (Å²) in [6, 6.07) is 2.16. The van der Waals surface area contributed by atoms with Gasteiger partial charge in [0.2, 0.25) is 15.9 Å². The summed E-state index contributed by atoms with van der Waals surface area (Å²) in [5, 5.41) is 0. The first-order valence-electron chi connectivity index (χ1n) is 8.49. The average Bonchev–Trinajstić information content (AvgIpc) is 2.57. The van der Waals surface area contributed by atoms with Crippen LogP contribution >= 0.6 is 0 Å². The Balaban J connectivity index is 2.08. The molecule has 1 amide bonds. The zero-order valence-corrected chi connectivity index (χ0v) is 16.2. The molecule has 1 aromatic carbocycles. The maximum atomic E-state index is 12.7. The zero-order chi connectivity index (χ0) is 18.1. The molecule has 0 aromatic heterocycles. The topological polar surface area (TPSA) is 57.7 Å². The number of benzene rings is 1. The molecule has 1 aliphatic rings. The van der Waals surface area contributed by atoms with Crippen molar-refractivity contribution in [2.45, 2.75) is 41.0 Å². The van der Waals surface area contributed by atoms with Gasteiger partial charge in [-0.1, -0.05) is 6.07 Å². The molecule has 0 unspecified atom stereocenters. The number of sulfonamides is 1. The summed E-state index contributed by atoms with van der Waals surface area (Å²) in [6.45, 7) is 11.7. The molecule has 1 fully saturated rings. The molecule has 0 spiro atoms. The zero-order valence-electron chi connectivity index (χ0n) is 15.3. The van der Waals surface area contributed by atoms with E-state index in [-0.39, 0.29) is 11.7 Å². The lowest BCUT2D eigenvalue weighted by Gasteiger charge is -2.34. The van der Waals surface area contributed by atoms with Crippen LogP contribution in [0.4, 0.5) is 0 Å². The van der Waals surface area contributed by atoms with E-state index in [0.717, 1.165) is 5.56 Å². The largest absolute Gasteiger partial charge is 0.340 e. The van der Waals surface area contributed by atoms with Crippen molar-refractivity contribution < 1.29 is 13.2 Å². The maximum Gasteiger partial charge on any atom is 0.227 e. The van der Waals surface area contributed by atoms with Crippen LogP contribution in [0.5, 0.6) is 0 Å². The minimum absolute atomic E-state index is 0.0831. The van der Waals surface area contributed by atoms with E-state index in [4.69, 9.17) is 0 Å². The number of amides is 1. The van der Waals surface area contributed by atoms with Gasteiger partial charge in [0, 0.05) is 26.2 Å². The lowest BCUT2D eigenvalue weighted by atomic mass is 9.92. The second-order valence-corrected chi connectivity index (χ2v) is 8.85. The van der Waals surface area contributed by atoms with Gasteiger partial charge >= 0.3 is 0 Å². The Morgan fingerprint density at radius 3 is 1.96 bits per heavy atom. The van der Waals surface area contributed by atoms with E-state index < -0.39 is 10.0 Å². The van der Waals surface area contributed by atoms with Gasteiger partial charge in [-0.2, -0.15) is 4.31 Å². The number of aryl methyl sites for hydroxylation is 2. The Kier molecular flexibility index (Phi) is 5.71. The first kappa shape index (κ1) is 18.9. The second kappa shape index (κ2) is 7.23. The number of hydrogen-bond donors (Lipinski definition) is 0. The molecule has 6 heteroatoms. The first-order valence-corrected chi connectivity index (χ1v) is 10.1. The van der Waals surface area contributed by atoms with Crippen LogP contribution in [0.15, 0.2) is 6.07 Å². The third kappa shape index (κ3) is 3.81. The third-order valence-corrected chi connectivity index (χ3v) is 7.08. The van der Waals surface area contributed by atoms with Crippen molar-refractivity contribution in [2.24, 2.45) is 0 Å². The number of rotatable bonds is 4. The van der Waals surface area contributed by atoms with Gasteiger partial charge < -0.3 is 4.90 Å². The highest BCUT2D eigenvalue weighted by molar-refractivity contribution is 7.89. The third-order valence-electron chi connectivity index (χ3n) is 5.20. The molecule has 0 bridgehead atoms. The average molecular weight is 353 g/mol. The van der Waals surface area contributed by atoms with E-state index in [9.17, 15) is 13.2 Å². The molecule has 0 atom stereocenters. The van der Waals surface area contributed by atoms with Crippen molar-refractivity contribution in [2.75, 3.05) is 31.9 Å². The summed E-state index contributed by atoms with van der Waals surface area (Å²) >= 11 is 0. The molecule has 0 aliphatic carbocycles. The molecule has 0 N–H and O–H groups in total. The lowest BCUT2D eigenvalue weighted by molar-refractivity contribution is -0.131. The van der Waals surface area contributed by atoms with Gasteiger partial charge in [0.05, 0.1) is 12.2 Å². The monoisotopic (exact) mass is 352 g/mol. The molecule has 1 heterocycles. The molecule has 24 heavy (non-hydrogen) atoms. The normalized spacial score (nSPS) is 16.5. The van der Waals surface area contributed by atoms with Crippen molar-refractivity contribution in [3.8, 4) is 0 Å². The van der Waals surface area contributed by atoms with Crippen LogP contribution < -0.4 is 0 Å². The van der Waals surface area contributed by atoms with Gasteiger partial charge in [-0.25, -0.2) is 8.42 Å². The van der Waals surface area contributed by atoms with E-state index >= 15 is 0 Å². The fourth-order valence-corrected chi connectivity index (χ4v) is 4.31. The molecular formula is C18H28N2O3S. The Labute approximate surface area is 145 Å². The molecular weight excluding hydrogens is 324 g/mol. The molecule has 1 saturated heterocycles. The number of nitrogens with zero attached hydrogens (tertiary/aromatic N) is 2. The predicted octanol–water partition coefficient (Wildman–Crippen LogP) is 1.96. The molecule has 0 radical (unpaired) electrons. The van der Waals surface area contributed by atoms with Crippen LogP contribution in [0, 0.1) is 27.7 Å². The maximum absolute atomic E-state index is 12.7. The summed E-state index contributed by atoms with van der Waals surface area (Å²) in [4.78, 5) is 14.5. The van der Waals surface area contributed by atoms with Crippen LogP contribution in [0.3, 0.4) is 0 Å². The quantitative estimate of drug-likeness (QED) is 0.832. The minimum Gasteiger partial charge on any atom is -0.340 e. The number of hydrogen-bond acceptors (Lipinski definition) is 3. The number of piperazine rings is 1. The van der Waals surface area contributed by atoms with Crippen molar-refractivity contribution >= 4 is 15.9 Å². The van der Waals surface area contributed by atoms with E-state index in [0.29, 0.717) is 32.6 Å². The van der Waals surface area contributed by atoms with Gasteiger partial charge in [0.25, 0.3) is 0 Å². The molecule has 1 aliphatic heterocycles. The van der Waals surface area contributed by atoms with Crippen molar-refractivity contribution in [3.63, 3.8) is 0 Å². The van der Waals surface area contributed by atoms with Crippen LogP contribution in [-0.4, -0.2) is 55.5 Å². The van der Waals surface area contributed by atoms with Gasteiger partial charge in [-0.3, -0.25) is 4.79 Å². The standard InChI is InChI=1S/C18H28N2O3S/c1-6-24(22,23)20-9-7-19(8-10-20)18(21)12-17-15(4)13(2)11-14(3)16(17)5/h11H,6-10,12H2,1-5H3. The van der Waals surface area contributed by atoms with Crippen molar-refractivity contribution in [3.05, 3.63) is 33.9 Å². The molecule has 2 rings (SSSR count). The smallest absolute Gasteiger partial charge is 0.227 e. The second-order valence-electron chi connectivity index (χ2n) is 6.60. The van der Waals surface area contributed by atoms with Crippen LogP contribution in [0.1, 0.15) is 34.7 Å². The summed E-state index contributed by atoms with van der Waals surface area (Å²) in [7, 11) is -3.16. The lowest BCUT2D eigenvalue weighted by Crippen LogP contribution is -2.51. The summed E-state index contributed by atoms with van der Waals surface area (Å²) < 4.78 is 25.3.